The highest BCUT2D eigenvalue weighted by atomic mass is 35.5. The van der Waals surface area contributed by atoms with Crippen LogP contribution in [0.2, 0.25) is 5.02 Å². The first-order valence-corrected chi connectivity index (χ1v) is 10.0. The number of halogens is 1. The predicted molar refractivity (Wildman–Crippen MR) is 105 cm³/mol. The van der Waals surface area contributed by atoms with Crippen molar-refractivity contribution in [3.8, 4) is 0 Å². The molecule has 1 aliphatic rings. The van der Waals surface area contributed by atoms with Gasteiger partial charge >= 0.3 is 0 Å². The summed E-state index contributed by atoms with van der Waals surface area (Å²) in [5.41, 5.74) is 2.04. The number of hydrogen-bond acceptors (Lipinski definition) is 3. The van der Waals surface area contributed by atoms with Crippen LogP contribution < -0.4 is 10.6 Å². The minimum absolute atomic E-state index is 0.0162. The van der Waals surface area contributed by atoms with Gasteiger partial charge in [-0.1, -0.05) is 41.9 Å². The zero-order chi connectivity index (χ0) is 18.4. The molecule has 0 spiro atoms. The summed E-state index contributed by atoms with van der Waals surface area (Å²) < 4.78 is 0. The Morgan fingerprint density at radius 2 is 1.92 bits per heavy atom. The van der Waals surface area contributed by atoms with Gasteiger partial charge in [-0.2, -0.15) is 0 Å². The molecule has 0 radical (unpaired) electrons. The third-order valence-electron chi connectivity index (χ3n) is 4.23. The smallest absolute Gasteiger partial charge is 0.224 e. The third kappa shape index (κ3) is 5.26. The van der Waals surface area contributed by atoms with Crippen molar-refractivity contribution in [2.24, 2.45) is 0 Å². The second kappa shape index (κ2) is 9.10. The van der Waals surface area contributed by atoms with Gasteiger partial charge in [0.25, 0.3) is 0 Å². The van der Waals surface area contributed by atoms with Crippen LogP contribution in [-0.4, -0.2) is 24.1 Å². The van der Waals surface area contributed by atoms with E-state index in [1.165, 1.54) is 4.90 Å². The monoisotopic (exact) mass is 388 g/mol. The number of benzene rings is 2. The normalized spacial score (nSPS) is 15.8. The maximum atomic E-state index is 12.2. The highest BCUT2D eigenvalue weighted by Gasteiger charge is 2.22. The fraction of sp³-hybridized carbons (Fsp3) is 0.300. The molecule has 0 saturated heterocycles. The molecule has 4 nitrogen and oxygen atoms in total. The van der Waals surface area contributed by atoms with Gasteiger partial charge in [0.2, 0.25) is 11.8 Å². The largest absolute Gasteiger partial charge is 0.355 e. The van der Waals surface area contributed by atoms with E-state index in [0.29, 0.717) is 18.0 Å². The van der Waals surface area contributed by atoms with E-state index in [-0.39, 0.29) is 24.3 Å². The summed E-state index contributed by atoms with van der Waals surface area (Å²) in [6.45, 7) is 0.335. The Kier molecular flexibility index (Phi) is 6.58. The number of carbonyl (C=O) groups excluding carboxylic acids is 2. The number of carbonyl (C=O) groups is 2. The van der Waals surface area contributed by atoms with E-state index in [2.05, 4.69) is 10.6 Å². The van der Waals surface area contributed by atoms with Crippen LogP contribution in [0.4, 0.5) is 0 Å². The summed E-state index contributed by atoms with van der Waals surface area (Å²) in [6, 6.07) is 15.3. The first kappa shape index (κ1) is 18.8. The van der Waals surface area contributed by atoms with Gasteiger partial charge in [-0.15, -0.1) is 11.8 Å². The number of hydrogen-bond donors (Lipinski definition) is 2. The Labute approximate surface area is 162 Å². The number of thioether (sulfide) groups is 1. The van der Waals surface area contributed by atoms with E-state index >= 15 is 0 Å². The molecule has 2 aromatic carbocycles. The van der Waals surface area contributed by atoms with Crippen molar-refractivity contribution in [1.29, 1.82) is 0 Å². The SMILES string of the molecule is O=C(Cc1ccccc1)NCCC(=O)NC1CCSc2ccc(Cl)cc21. The molecule has 0 aromatic heterocycles. The molecule has 0 saturated carbocycles. The van der Waals surface area contributed by atoms with Crippen LogP contribution in [0.1, 0.15) is 30.0 Å². The van der Waals surface area contributed by atoms with Gasteiger partial charge < -0.3 is 10.6 Å². The summed E-state index contributed by atoms with van der Waals surface area (Å²) in [5, 5.41) is 6.55. The van der Waals surface area contributed by atoms with Crippen molar-refractivity contribution in [3.05, 3.63) is 64.7 Å². The maximum absolute atomic E-state index is 12.2. The minimum atomic E-state index is -0.0739. The van der Waals surface area contributed by atoms with Crippen LogP contribution in [-0.2, 0) is 16.0 Å². The van der Waals surface area contributed by atoms with Gasteiger partial charge in [-0.3, -0.25) is 9.59 Å². The lowest BCUT2D eigenvalue weighted by molar-refractivity contribution is -0.122. The molecule has 0 aliphatic carbocycles. The van der Waals surface area contributed by atoms with Gasteiger partial charge in [0.15, 0.2) is 0 Å². The molecule has 0 bridgehead atoms. The minimum Gasteiger partial charge on any atom is -0.355 e. The molecular formula is C20H21ClN2O2S. The predicted octanol–water partition coefficient (Wildman–Crippen LogP) is 3.74. The number of amides is 2. The molecule has 3 rings (SSSR count). The highest BCUT2D eigenvalue weighted by molar-refractivity contribution is 7.99. The van der Waals surface area contributed by atoms with Gasteiger partial charge in [0.1, 0.15) is 0 Å². The van der Waals surface area contributed by atoms with Crippen molar-refractivity contribution in [1.82, 2.24) is 10.6 Å². The summed E-state index contributed by atoms with van der Waals surface area (Å²) >= 11 is 7.88. The first-order valence-electron chi connectivity index (χ1n) is 8.64. The quantitative estimate of drug-likeness (QED) is 0.792. The Hall–Kier alpha value is -1.98. The van der Waals surface area contributed by atoms with Crippen LogP contribution in [0.15, 0.2) is 53.4 Å². The Balaban J connectivity index is 1.45. The summed E-state index contributed by atoms with van der Waals surface area (Å²) in [7, 11) is 0. The second-order valence-electron chi connectivity index (χ2n) is 6.20. The molecule has 1 aliphatic heterocycles. The molecule has 1 unspecified atom stereocenters. The molecule has 1 atom stereocenters. The second-order valence-corrected chi connectivity index (χ2v) is 7.77. The average Bonchev–Trinajstić information content (AvgIpc) is 2.63. The molecule has 2 N–H and O–H groups in total. The van der Waals surface area contributed by atoms with Gasteiger partial charge in [-0.05, 0) is 35.7 Å². The fourth-order valence-corrected chi connectivity index (χ4v) is 4.23. The van der Waals surface area contributed by atoms with Crippen LogP contribution in [0.3, 0.4) is 0 Å². The van der Waals surface area contributed by atoms with Gasteiger partial charge in [0.05, 0.1) is 12.5 Å². The highest BCUT2D eigenvalue weighted by Crippen LogP contribution is 2.37. The lowest BCUT2D eigenvalue weighted by atomic mass is 10.0. The number of nitrogens with one attached hydrogen (secondary N) is 2. The van der Waals surface area contributed by atoms with Crippen molar-refractivity contribution >= 4 is 35.2 Å². The van der Waals surface area contributed by atoms with Crippen LogP contribution in [0, 0.1) is 0 Å². The van der Waals surface area contributed by atoms with Crippen molar-refractivity contribution in [3.63, 3.8) is 0 Å². The number of rotatable bonds is 6. The maximum Gasteiger partial charge on any atom is 0.224 e. The number of fused-ring (bicyclic) bond motifs is 1. The Bertz CT molecular complexity index is 783. The van der Waals surface area contributed by atoms with Crippen LogP contribution in [0.5, 0.6) is 0 Å². The lowest BCUT2D eigenvalue weighted by Crippen LogP contribution is -2.34. The van der Waals surface area contributed by atoms with E-state index in [1.54, 1.807) is 11.8 Å². The molecule has 1 heterocycles. The van der Waals surface area contributed by atoms with E-state index in [9.17, 15) is 9.59 Å². The lowest BCUT2D eigenvalue weighted by Gasteiger charge is -2.26. The summed E-state index contributed by atoms with van der Waals surface area (Å²) in [4.78, 5) is 25.3. The summed E-state index contributed by atoms with van der Waals surface area (Å²) in [6.07, 6.45) is 1.47. The standard InChI is InChI=1S/C20H21ClN2O2S/c21-15-6-7-18-16(13-15)17(9-11-26-18)23-19(24)8-10-22-20(25)12-14-4-2-1-3-5-14/h1-7,13,17H,8-12H2,(H,22,25)(H,23,24). The van der Waals surface area contributed by atoms with Crippen molar-refractivity contribution in [2.45, 2.75) is 30.2 Å². The molecule has 26 heavy (non-hydrogen) atoms. The molecular weight excluding hydrogens is 368 g/mol. The van der Waals surface area contributed by atoms with E-state index < -0.39 is 0 Å². The van der Waals surface area contributed by atoms with Gasteiger partial charge in [0, 0.05) is 28.6 Å². The van der Waals surface area contributed by atoms with Crippen LogP contribution in [0.25, 0.3) is 0 Å². The molecule has 2 amide bonds. The van der Waals surface area contributed by atoms with Gasteiger partial charge in [-0.25, -0.2) is 0 Å². The van der Waals surface area contributed by atoms with E-state index in [1.807, 2.05) is 48.5 Å². The third-order valence-corrected chi connectivity index (χ3v) is 5.59. The first-order chi connectivity index (χ1) is 12.6. The molecule has 0 fully saturated rings. The van der Waals surface area contributed by atoms with Crippen molar-refractivity contribution in [2.75, 3.05) is 12.3 Å². The topological polar surface area (TPSA) is 58.2 Å². The molecule has 2 aromatic rings. The van der Waals surface area contributed by atoms with E-state index in [4.69, 9.17) is 11.6 Å². The zero-order valence-electron chi connectivity index (χ0n) is 14.3. The van der Waals surface area contributed by atoms with Crippen molar-refractivity contribution < 1.29 is 9.59 Å². The van der Waals surface area contributed by atoms with E-state index in [0.717, 1.165) is 23.3 Å². The zero-order valence-corrected chi connectivity index (χ0v) is 15.9. The Morgan fingerprint density at radius 1 is 1.12 bits per heavy atom. The van der Waals surface area contributed by atoms with Crippen LogP contribution >= 0.6 is 23.4 Å². The molecule has 136 valence electrons. The summed E-state index contributed by atoms with van der Waals surface area (Å²) in [5.74, 6) is 0.830. The average molecular weight is 389 g/mol. The molecule has 6 heteroatoms. The fourth-order valence-electron chi connectivity index (χ4n) is 2.94. The Morgan fingerprint density at radius 3 is 2.73 bits per heavy atom.